The van der Waals surface area contributed by atoms with Crippen LogP contribution in [0, 0.1) is 0 Å². The first-order valence-corrected chi connectivity index (χ1v) is 24.2. The van der Waals surface area contributed by atoms with E-state index in [2.05, 4.69) is 163 Å². The molecular formula is C51H63P2+. The van der Waals surface area contributed by atoms with Gasteiger partial charge in [0.2, 0.25) is 0 Å². The molecule has 0 spiro atoms. The molecule has 2 aliphatic carbocycles. The van der Waals surface area contributed by atoms with Gasteiger partial charge in [0.05, 0.1) is 0 Å². The van der Waals surface area contributed by atoms with Crippen LogP contribution in [-0.2, 0) is 0 Å². The summed E-state index contributed by atoms with van der Waals surface area (Å²) in [7, 11) is -2.78. The van der Waals surface area contributed by atoms with Crippen LogP contribution in [-0.4, -0.2) is 11.3 Å². The topological polar surface area (TPSA) is 0 Å². The van der Waals surface area contributed by atoms with Crippen LogP contribution in [0.25, 0.3) is 11.1 Å². The summed E-state index contributed by atoms with van der Waals surface area (Å²) in [5.74, 6) is 1.37. The molecular weight excluding hydrogens is 675 g/mol. The van der Waals surface area contributed by atoms with Crippen molar-refractivity contribution in [1.29, 1.82) is 0 Å². The highest BCUT2D eigenvalue weighted by Gasteiger charge is 2.52. The zero-order valence-corrected chi connectivity index (χ0v) is 35.2. The van der Waals surface area contributed by atoms with Crippen LogP contribution in [0.15, 0.2) is 121 Å². The summed E-state index contributed by atoms with van der Waals surface area (Å²) in [5.41, 5.74) is 9.27. The lowest BCUT2D eigenvalue weighted by Gasteiger charge is -2.42. The van der Waals surface area contributed by atoms with Gasteiger partial charge < -0.3 is 0 Å². The molecule has 0 heterocycles. The van der Waals surface area contributed by atoms with Crippen LogP contribution in [0.1, 0.15) is 140 Å². The molecule has 53 heavy (non-hydrogen) atoms. The van der Waals surface area contributed by atoms with Gasteiger partial charge >= 0.3 is 0 Å². The predicted molar refractivity (Wildman–Crippen MR) is 239 cm³/mol. The standard InChI is InChI=1S/C51H63P2/c1-37(2)40-35-47(38(3)4)50(48(36-40)39(5)6)46-33-22-34-49(51(46)52(41-23-12-7-13-24-41)42-25-14-8-15-26-42)53(43-27-16-9-17-28-43,44-29-18-10-19-30-44)45-31-20-11-21-32-45/h9-11,16-22,27-39,41-42H,7-8,12-15,23-26H2,1-6H3/q+1. The van der Waals surface area contributed by atoms with Gasteiger partial charge in [-0.1, -0.05) is 167 Å². The van der Waals surface area contributed by atoms with Crippen molar-refractivity contribution in [3.63, 3.8) is 0 Å². The van der Waals surface area contributed by atoms with E-state index in [1.165, 1.54) is 85.7 Å². The third-order valence-electron chi connectivity index (χ3n) is 12.4. The van der Waals surface area contributed by atoms with Crippen molar-refractivity contribution < 1.29 is 0 Å². The summed E-state index contributed by atoms with van der Waals surface area (Å²) in [6.45, 7) is 14.5. The Balaban J connectivity index is 1.69. The summed E-state index contributed by atoms with van der Waals surface area (Å²) in [4.78, 5) is 0. The molecule has 0 amide bonds. The highest BCUT2D eigenvalue weighted by molar-refractivity contribution is 8.02. The monoisotopic (exact) mass is 737 g/mol. The minimum Gasteiger partial charge on any atom is -0.0639 e. The first-order valence-electron chi connectivity index (χ1n) is 21.0. The van der Waals surface area contributed by atoms with Crippen LogP contribution in [0.5, 0.6) is 0 Å². The summed E-state index contributed by atoms with van der Waals surface area (Å²) < 4.78 is 0. The molecule has 0 saturated heterocycles. The maximum Gasteiger partial charge on any atom is 0.145 e. The van der Waals surface area contributed by atoms with Gasteiger partial charge in [-0.15, -0.1) is 0 Å². The Morgan fingerprint density at radius 3 is 1.26 bits per heavy atom. The first-order chi connectivity index (χ1) is 25.8. The van der Waals surface area contributed by atoms with Gasteiger partial charge in [-0.05, 0) is 125 Å². The lowest BCUT2D eigenvalue weighted by atomic mass is 9.82. The third-order valence-corrected chi connectivity index (χ3v) is 20.5. The lowest BCUT2D eigenvalue weighted by molar-refractivity contribution is 0.487. The molecule has 0 aromatic heterocycles. The van der Waals surface area contributed by atoms with Crippen molar-refractivity contribution in [3.8, 4) is 11.1 Å². The normalized spacial score (nSPS) is 16.3. The van der Waals surface area contributed by atoms with E-state index in [1.807, 2.05) is 0 Å². The molecule has 7 rings (SSSR count). The number of hydrogen-bond donors (Lipinski definition) is 0. The molecule has 5 aromatic rings. The van der Waals surface area contributed by atoms with E-state index < -0.39 is 15.2 Å². The second kappa shape index (κ2) is 17.2. The zero-order valence-electron chi connectivity index (χ0n) is 33.4. The molecule has 5 aromatic carbocycles. The van der Waals surface area contributed by atoms with Gasteiger partial charge in [0.25, 0.3) is 0 Å². The Bertz CT molecular complexity index is 1770. The Morgan fingerprint density at radius 2 is 0.887 bits per heavy atom. The highest BCUT2D eigenvalue weighted by atomic mass is 31.2. The first kappa shape index (κ1) is 38.2. The van der Waals surface area contributed by atoms with Crippen LogP contribution in [0.4, 0.5) is 0 Å². The zero-order chi connectivity index (χ0) is 37.0. The number of benzene rings is 5. The van der Waals surface area contributed by atoms with Gasteiger partial charge in [0.1, 0.15) is 28.5 Å². The van der Waals surface area contributed by atoms with E-state index in [0.29, 0.717) is 17.8 Å². The van der Waals surface area contributed by atoms with Crippen molar-refractivity contribution in [1.82, 2.24) is 0 Å². The van der Waals surface area contributed by atoms with Crippen LogP contribution >= 0.6 is 15.2 Å². The molecule has 0 atom stereocenters. The Labute approximate surface area is 324 Å². The number of rotatable bonds is 11. The highest BCUT2D eigenvalue weighted by Crippen LogP contribution is 2.61. The quantitative estimate of drug-likeness (QED) is 0.118. The SMILES string of the molecule is CC(C)c1cc(C(C)C)c(-c2cccc([P+](c3ccccc3)(c3ccccc3)c3ccccc3)c2P(C2CCCCC2)C2CCCCC2)c(C(C)C)c1. The minimum absolute atomic E-state index is 0.435. The van der Waals surface area contributed by atoms with Gasteiger partial charge in [0.15, 0.2) is 0 Å². The fraction of sp³-hybridized carbons (Fsp3) is 0.412. The largest absolute Gasteiger partial charge is 0.145 e. The second-order valence-electron chi connectivity index (χ2n) is 16.9. The molecule has 2 fully saturated rings. The summed E-state index contributed by atoms with van der Waals surface area (Å²) in [5, 5.41) is 7.83. The molecule has 0 N–H and O–H groups in total. The maximum atomic E-state index is 2.63. The molecule has 2 aliphatic rings. The number of hydrogen-bond acceptors (Lipinski definition) is 0. The fourth-order valence-electron chi connectivity index (χ4n) is 9.74. The lowest BCUT2D eigenvalue weighted by Crippen LogP contribution is -2.46. The predicted octanol–water partition coefficient (Wildman–Crippen LogP) is 13.1. The van der Waals surface area contributed by atoms with Gasteiger partial charge in [0, 0.05) is 5.30 Å². The second-order valence-corrected chi connectivity index (χ2v) is 23.0. The maximum absolute atomic E-state index is 2.63. The van der Waals surface area contributed by atoms with Gasteiger partial charge in [-0.3, -0.25) is 0 Å². The van der Waals surface area contributed by atoms with Crippen molar-refractivity contribution in [3.05, 3.63) is 138 Å². The van der Waals surface area contributed by atoms with E-state index in [1.54, 1.807) is 32.9 Å². The Morgan fingerprint density at radius 1 is 0.472 bits per heavy atom. The Hall–Kier alpha value is -3.04. The van der Waals surface area contributed by atoms with Crippen molar-refractivity contribution in [2.24, 2.45) is 0 Å². The van der Waals surface area contributed by atoms with E-state index in [-0.39, 0.29) is 0 Å². The smallest absolute Gasteiger partial charge is 0.0639 e. The molecule has 0 radical (unpaired) electrons. The van der Waals surface area contributed by atoms with Crippen LogP contribution in [0.2, 0.25) is 0 Å². The van der Waals surface area contributed by atoms with Crippen LogP contribution < -0.4 is 26.5 Å². The van der Waals surface area contributed by atoms with E-state index >= 15 is 0 Å². The molecule has 2 saturated carbocycles. The van der Waals surface area contributed by atoms with E-state index in [0.717, 1.165) is 11.3 Å². The average Bonchev–Trinajstić information content (AvgIpc) is 3.20. The van der Waals surface area contributed by atoms with Crippen molar-refractivity contribution >= 4 is 41.7 Å². The molecule has 0 nitrogen and oxygen atoms in total. The summed E-state index contributed by atoms with van der Waals surface area (Å²) in [6, 6.07) is 48.1. The summed E-state index contributed by atoms with van der Waals surface area (Å²) in [6.07, 6.45) is 13.9. The Kier molecular flexibility index (Phi) is 12.4. The van der Waals surface area contributed by atoms with E-state index in [4.69, 9.17) is 0 Å². The molecule has 0 unspecified atom stereocenters. The van der Waals surface area contributed by atoms with Crippen molar-refractivity contribution in [2.45, 2.75) is 135 Å². The minimum atomic E-state index is -2.33. The fourth-order valence-corrected chi connectivity index (χ4v) is 18.8. The van der Waals surface area contributed by atoms with Crippen LogP contribution in [0.3, 0.4) is 0 Å². The molecule has 2 heteroatoms. The molecule has 0 aliphatic heterocycles. The summed E-state index contributed by atoms with van der Waals surface area (Å²) >= 11 is 0. The third kappa shape index (κ3) is 7.63. The van der Waals surface area contributed by atoms with E-state index in [9.17, 15) is 0 Å². The van der Waals surface area contributed by atoms with Gasteiger partial charge in [-0.2, -0.15) is 0 Å². The molecule has 0 bridgehead atoms. The van der Waals surface area contributed by atoms with Gasteiger partial charge in [-0.25, -0.2) is 0 Å². The average molecular weight is 738 g/mol. The molecule has 276 valence electrons. The van der Waals surface area contributed by atoms with Crippen molar-refractivity contribution in [2.75, 3.05) is 0 Å².